The molecule has 0 aromatic carbocycles. The Hall–Kier alpha value is -0.450. The van der Waals surface area contributed by atoms with Crippen molar-refractivity contribution < 1.29 is 4.42 Å². The van der Waals surface area contributed by atoms with E-state index in [-0.39, 0.29) is 0 Å². The predicted molar refractivity (Wildman–Crippen MR) is 64.2 cm³/mol. The predicted octanol–water partition coefficient (Wildman–Crippen LogP) is 1.42. The molecule has 1 aromatic heterocycles. The maximum absolute atomic E-state index is 5.01. The van der Waals surface area contributed by atoms with E-state index in [9.17, 15) is 0 Å². The lowest BCUT2D eigenvalue weighted by Crippen LogP contribution is -2.37. The fourth-order valence-electron chi connectivity index (χ4n) is 1.69. The smallest absolute Gasteiger partial charge is 0.0947 e. The highest BCUT2D eigenvalue weighted by molar-refractivity contribution is 7.99. The highest BCUT2D eigenvalue weighted by Crippen LogP contribution is 2.07. The van der Waals surface area contributed by atoms with Crippen LogP contribution in [0.25, 0.3) is 0 Å². The third-order valence-corrected chi connectivity index (χ3v) is 3.56. The summed E-state index contributed by atoms with van der Waals surface area (Å²) in [5, 5.41) is 3.43. The lowest BCUT2D eigenvalue weighted by Gasteiger charge is -2.25. The molecule has 84 valence electrons. The molecule has 0 saturated carbocycles. The van der Waals surface area contributed by atoms with Crippen LogP contribution in [0.15, 0.2) is 23.0 Å². The summed E-state index contributed by atoms with van der Waals surface area (Å²) >= 11 is 2.06. The first-order chi connectivity index (χ1) is 7.45. The van der Waals surface area contributed by atoms with Crippen molar-refractivity contribution in [2.45, 2.75) is 6.54 Å². The monoisotopic (exact) mass is 226 g/mol. The molecule has 1 aliphatic rings. The van der Waals surface area contributed by atoms with Crippen molar-refractivity contribution in [2.24, 2.45) is 0 Å². The summed E-state index contributed by atoms with van der Waals surface area (Å²) < 4.78 is 5.01. The number of nitrogens with zero attached hydrogens (tertiary/aromatic N) is 1. The SMILES string of the molecule is c1cc(CNCCN2CCSCC2)co1. The summed E-state index contributed by atoms with van der Waals surface area (Å²) in [6, 6.07) is 2.00. The molecule has 0 unspecified atom stereocenters. The highest BCUT2D eigenvalue weighted by Gasteiger charge is 2.08. The molecule has 15 heavy (non-hydrogen) atoms. The molecular weight excluding hydrogens is 208 g/mol. The third kappa shape index (κ3) is 3.89. The molecule has 2 heterocycles. The van der Waals surface area contributed by atoms with Crippen LogP contribution in [-0.4, -0.2) is 42.6 Å². The van der Waals surface area contributed by atoms with Crippen molar-refractivity contribution >= 4 is 11.8 Å². The van der Waals surface area contributed by atoms with Gasteiger partial charge in [-0.05, 0) is 6.07 Å². The lowest BCUT2D eigenvalue weighted by atomic mass is 10.3. The maximum atomic E-state index is 5.01. The first-order valence-corrected chi connectivity index (χ1v) is 6.62. The van der Waals surface area contributed by atoms with Crippen LogP contribution >= 0.6 is 11.8 Å². The van der Waals surface area contributed by atoms with Crippen molar-refractivity contribution in [3.8, 4) is 0 Å². The van der Waals surface area contributed by atoms with Gasteiger partial charge in [-0.15, -0.1) is 0 Å². The van der Waals surface area contributed by atoms with Crippen LogP contribution in [-0.2, 0) is 6.54 Å². The second-order valence-electron chi connectivity index (χ2n) is 3.76. The van der Waals surface area contributed by atoms with E-state index < -0.39 is 0 Å². The van der Waals surface area contributed by atoms with E-state index >= 15 is 0 Å². The summed E-state index contributed by atoms with van der Waals surface area (Å²) in [5.74, 6) is 2.59. The largest absolute Gasteiger partial charge is 0.472 e. The van der Waals surface area contributed by atoms with Crippen LogP contribution in [0.3, 0.4) is 0 Å². The second kappa shape index (κ2) is 6.20. The molecule has 2 rings (SSSR count). The summed E-state index contributed by atoms with van der Waals surface area (Å²) in [5.41, 5.74) is 1.23. The van der Waals surface area contributed by atoms with Crippen molar-refractivity contribution in [1.29, 1.82) is 0 Å². The number of hydrogen-bond donors (Lipinski definition) is 1. The van der Waals surface area contributed by atoms with Gasteiger partial charge in [-0.25, -0.2) is 0 Å². The molecule has 1 fully saturated rings. The zero-order chi connectivity index (χ0) is 10.3. The molecule has 1 N–H and O–H groups in total. The minimum Gasteiger partial charge on any atom is -0.472 e. The van der Waals surface area contributed by atoms with Gasteiger partial charge in [0.2, 0.25) is 0 Å². The van der Waals surface area contributed by atoms with Crippen LogP contribution in [0.1, 0.15) is 5.56 Å². The number of rotatable bonds is 5. The van der Waals surface area contributed by atoms with Crippen LogP contribution in [0, 0.1) is 0 Å². The van der Waals surface area contributed by atoms with Gasteiger partial charge >= 0.3 is 0 Å². The van der Waals surface area contributed by atoms with Crippen LogP contribution in [0.2, 0.25) is 0 Å². The van der Waals surface area contributed by atoms with E-state index in [2.05, 4.69) is 22.0 Å². The van der Waals surface area contributed by atoms with E-state index in [0.717, 1.165) is 13.1 Å². The molecule has 0 radical (unpaired) electrons. The van der Waals surface area contributed by atoms with Gasteiger partial charge in [0.1, 0.15) is 0 Å². The molecule has 1 aliphatic heterocycles. The first-order valence-electron chi connectivity index (χ1n) is 5.47. The van der Waals surface area contributed by atoms with Crippen LogP contribution in [0.4, 0.5) is 0 Å². The minimum absolute atomic E-state index is 0.916. The third-order valence-electron chi connectivity index (χ3n) is 2.62. The minimum atomic E-state index is 0.916. The number of nitrogens with one attached hydrogen (secondary N) is 1. The molecule has 0 amide bonds. The van der Waals surface area contributed by atoms with Crippen molar-refractivity contribution in [2.75, 3.05) is 37.7 Å². The Balaban J connectivity index is 1.54. The average Bonchev–Trinajstić information content (AvgIpc) is 2.79. The molecule has 0 aliphatic carbocycles. The van der Waals surface area contributed by atoms with Gasteiger partial charge in [-0.1, -0.05) is 0 Å². The Morgan fingerprint density at radius 2 is 2.27 bits per heavy atom. The molecule has 3 nitrogen and oxygen atoms in total. The van der Waals surface area contributed by atoms with Gasteiger partial charge in [0.15, 0.2) is 0 Å². The van der Waals surface area contributed by atoms with Gasteiger partial charge in [0.25, 0.3) is 0 Å². The van der Waals surface area contributed by atoms with Gasteiger partial charge in [0.05, 0.1) is 12.5 Å². The highest BCUT2D eigenvalue weighted by atomic mass is 32.2. The van der Waals surface area contributed by atoms with Crippen molar-refractivity contribution in [3.63, 3.8) is 0 Å². The zero-order valence-electron chi connectivity index (χ0n) is 8.95. The van der Waals surface area contributed by atoms with Gasteiger partial charge < -0.3 is 14.6 Å². The average molecular weight is 226 g/mol. The molecule has 0 bridgehead atoms. The summed E-state index contributed by atoms with van der Waals surface area (Å²) in [6.07, 6.45) is 3.52. The fourth-order valence-corrected chi connectivity index (χ4v) is 2.67. The van der Waals surface area contributed by atoms with E-state index in [4.69, 9.17) is 4.42 Å². The van der Waals surface area contributed by atoms with Crippen molar-refractivity contribution in [3.05, 3.63) is 24.2 Å². The normalized spacial score (nSPS) is 18.1. The Morgan fingerprint density at radius 3 is 3.00 bits per heavy atom. The lowest BCUT2D eigenvalue weighted by molar-refractivity contribution is 0.301. The second-order valence-corrected chi connectivity index (χ2v) is 4.99. The Morgan fingerprint density at radius 1 is 1.40 bits per heavy atom. The Labute approximate surface area is 95.2 Å². The fraction of sp³-hybridized carbons (Fsp3) is 0.636. The number of thioether (sulfide) groups is 1. The van der Waals surface area contributed by atoms with E-state index in [0.29, 0.717) is 0 Å². The molecule has 0 atom stereocenters. The van der Waals surface area contributed by atoms with Crippen molar-refractivity contribution in [1.82, 2.24) is 10.2 Å². The summed E-state index contributed by atoms with van der Waals surface area (Å²) in [7, 11) is 0. The van der Waals surface area contributed by atoms with E-state index in [1.54, 1.807) is 12.5 Å². The number of furan rings is 1. The van der Waals surface area contributed by atoms with Gasteiger partial charge in [-0.3, -0.25) is 0 Å². The molecular formula is C11H18N2OS. The standard InChI is InChI=1S/C11H18N2OS/c1-6-14-10-11(1)9-12-2-3-13-4-7-15-8-5-13/h1,6,10,12H,2-5,7-9H2. The quantitative estimate of drug-likeness (QED) is 0.769. The summed E-state index contributed by atoms with van der Waals surface area (Å²) in [6.45, 7) is 5.64. The molecule has 0 spiro atoms. The topological polar surface area (TPSA) is 28.4 Å². The first kappa shape index (κ1) is 11.0. The molecule has 1 saturated heterocycles. The van der Waals surface area contributed by atoms with Crippen LogP contribution in [0.5, 0.6) is 0 Å². The molecule has 4 heteroatoms. The maximum Gasteiger partial charge on any atom is 0.0947 e. The Kier molecular flexibility index (Phi) is 4.57. The Bertz CT molecular complexity index is 258. The molecule has 1 aromatic rings. The zero-order valence-corrected chi connectivity index (χ0v) is 9.76. The van der Waals surface area contributed by atoms with E-state index in [1.165, 1.54) is 36.7 Å². The summed E-state index contributed by atoms with van der Waals surface area (Å²) in [4.78, 5) is 2.53. The van der Waals surface area contributed by atoms with Gasteiger partial charge in [-0.2, -0.15) is 11.8 Å². The van der Waals surface area contributed by atoms with Crippen LogP contribution < -0.4 is 5.32 Å². The van der Waals surface area contributed by atoms with E-state index in [1.807, 2.05) is 6.07 Å². The number of hydrogen-bond acceptors (Lipinski definition) is 4. The van der Waals surface area contributed by atoms with Gasteiger partial charge in [0, 0.05) is 49.8 Å².